The molecule has 0 N–H and O–H groups in total. The first-order valence-electron chi connectivity index (χ1n) is 6.67. The molecule has 2 aromatic carbocycles. The highest BCUT2D eigenvalue weighted by atomic mass is 16.6. The van der Waals surface area contributed by atoms with Gasteiger partial charge in [-0.3, -0.25) is 0 Å². The summed E-state index contributed by atoms with van der Waals surface area (Å²) in [6.07, 6.45) is 2.36. The van der Waals surface area contributed by atoms with Gasteiger partial charge >= 0.3 is 11.9 Å². The van der Waals surface area contributed by atoms with Gasteiger partial charge in [0.2, 0.25) is 0 Å². The van der Waals surface area contributed by atoms with Gasteiger partial charge in [0.25, 0.3) is 0 Å². The summed E-state index contributed by atoms with van der Waals surface area (Å²) in [5, 5.41) is 0. The summed E-state index contributed by atoms with van der Waals surface area (Å²) in [6.45, 7) is 6.86. The lowest BCUT2D eigenvalue weighted by molar-refractivity contribution is 0.0395. The van der Waals surface area contributed by atoms with Gasteiger partial charge in [0.1, 0.15) is 22.6 Å². The quantitative estimate of drug-likeness (QED) is 0.462. The van der Waals surface area contributed by atoms with Crippen molar-refractivity contribution in [2.75, 3.05) is 0 Å². The van der Waals surface area contributed by atoms with Crippen LogP contribution in [0.2, 0.25) is 0 Å². The first-order chi connectivity index (χ1) is 11.2. The van der Waals surface area contributed by atoms with Crippen LogP contribution in [0.5, 0.6) is 11.5 Å². The Bertz CT molecular complexity index is 685. The van der Waals surface area contributed by atoms with Crippen molar-refractivity contribution in [1.82, 2.24) is 0 Å². The first-order valence-corrected chi connectivity index (χ1v) is 6.67. The van der Waals surface area contributed by atoms with E-state index in [1.165, 1.54) is 24.7 Å². The molecule has 0 heterocycles. The molecule has 2 aromatic rings. The highest BCUT2D eigenvalue weighted by molar-refractivity contribution is 6.04. The predicted molar refractivity (Wildman–Crippen MR) is 84.3 cm³/mol. The molecule has 0 atom stereocenters. The van der Waals surface area contributed by atoms with Gasteiger partial charge in [0.05, 0.1) is 12.5 Å². The highest BCUT2D eigenvalue weighted by Gasteiger charge is 2.20. The minimum atomic E-state index is -0.833. The maximum atomic E-state index is 12.2. The summed E-state index contributed by atoms with van der Waals surface area (Å²) in [5.41, 5.74) is 0.228. The van der Waals surface area contributed by atoms with E-state index < -0.39 is 11.9 Å². The third-order valence-electron chi connectivity index (χ3n) is 2.82. The average molecular weight is 310 g/mol. The standard InChI is InChI=1S/C18H14O5/c1-3-21-15-11-7-5-9-13(15)17(19)23-18(20)14-10-6-8-12-16(14)22-4-2/h3-12H,1-2H2. The highest BCUT2D eigenvalue weighted by Crippen LogP contribution is 2.22. The number of rotatable bonds is 6. The summed E-state index contributed by atoms with van der Waals surface area (Å²) >= 11 is 0. The lowest BCUT2D eigenvalue weighted by atomic mass is 10.2. The summed E-state index contributed by atoms with van der Waals surface area (Å²) in [6, 6.07) is 12.7. The van der Waals surface area contributed by atoms with Gasteiger partial charge < -0.3 is 14.2 Å². The Morgan fingerprint density at radius 3 is 1.52 bits per heavy atom. The molecule has 0 spiro atoms. The fraction of sp³-hybridized carbons (Fsp3) is 0. The molecule has 116 valence electrons. The van der Waals surface area contributed by atoms with Crippen LogP contribution in [0.25, 0.3) is 0 Å². The maximum Gasteiger partial charge on any atom is 0.349 e. The molecule has 0 fully saturated rings. The Labute approximate surface area is 133 Å². The smallest absolute Gasteiger partial charge is 0.349 e. The largest absolute Gasteiger partial charge is 0.465 e. The predicted octanol–water partition coefficient (Wildman–Crippen LogP) is 3.73. The molecule has 0 aromatic heterocycles. The lowest BCUT2D eigenvalue weighted by Crippen LogP contribution is -2.14. The Morgan fingerprint density at radius 1 is 0.739 bits per heavy atom. The van der Waals surface area contributed by atoms with Crippen LogP contribution in [0.3, 0.4) is 0 Å². The molecule has 0 aliphatic carbocycles. The van der Waals surface area contributed by atoms with Gasteiger partial charge in [-0.15, -0.1) is 0 Å². The van der Waals surface area contributed by atoms with E-state index >= 15 is 0 Å². The minimum absolute atomic E-state index is 0.114. The van der Waals surface area contributed by atoms with Crippen molar-refractivity contribution in [3.8, 4) is 11.5 Å². The van der Waals surface area contributed by atoms with Crippen molar-refractivity contribution in [2.24, 2.45) is 0 Å². The molecule has 5 heteroatoms. The van der Waals surface area contributed by atoms with Crippen molar-refractivity contribution in [2.45, 2.75) is 0 Å². The van der Waals surface area contributed by atoms with Crippen molar-refractivity contribution >= 4 is 11.9 Å². The molecule has 0 aliphatic rings. The molecule has 0 unspecified atom stereocenters. The second-order valence-corrected chi connectivity index (χ2v) is 4.24. The van der Waals surface area contributed by atoms with E-state index in [0.29, 0.717) is 0 Å². The fourth-order valence-electron chi connectivity index (χ4n) is 1.85. The third kappa shape index (κ3) is 3.85. The Balaban J connectivity index is 2.22. The number of para-hydroxylation sites is 2. The van der Waals surface area contributed by atoms with Gasteiger partial charge in [-0.05, 0) is 24.3 Å². The van der Waals surface area contributed by atoms with Crippen LogP contribution in [0, 0.1) is 0 Å². The topological polar surface area (TPSA) is 61.8 Å². The van der Waals surface area contributed by atoms with E-state index in [1.54, 1.807) is 36.4 Å². The molecule has 2 rings (SSSR count). The zero-order valence-electron chi connectivity index (χ0n) is 12.2. The number of ether oxygens (including phenoxy) is 3. The Hall–Kier alpha value is -3.34. The molecule has 0 bridgehead atoms. The molecule has 0 amide bonds. The molecule has 0 aliphatic heterocycles. The van der Waals surface area contributed by atoms with Crippen molar-refractivity contribution in [3.63, 3.8) is 0 Å². The molecule has 5 nitrogen and oxygen atoms in total. The summed E-state index contributed by atoms with van der Waals surface area (Å²) in [5.74, 6) is -1.17. The molecule has 0 radical (unpaired) electrons. The average Bonchev–Trinajstić information content (AvgIpc) is 2.56. The van der Waals surface area contributed by atoms with Crippen molar-refractivity contribution < 1.29 is 23.8 Å². The SMILES string of the molecule is C=COc1ccccc1C(=O)OC(=O)c1ccccc1OC=C. The minimum Gasteiger partial charge on any atom is -0.465 e. The second-order valence-electron chi connectivity index (χ2n) is 4.24. The number of hydrogen-bond donors (Lipinski definition) is 0. The van der Waals surface area contributed by atoms with Gasteiger partial charge in [0, 0.05) is 0 Å². The van der Waals surface area contributed by atoms with Crippen LogP contribution in [-0.2, 0) is 4.74 Å². The Morgan fingerprint density at radius 2 is 1.13 bits per heavy atom. The molecular weight excluding hydrogens is 296 g/mol. The van der Waals surface area contributed by atoms with E-state index in [9.17, 15) is 9.59 Å². The molecule has 0 saturated heterocycles. The van der Waals surface area contributed by atoms with Gasteiger partial charge in [0.15, 0.2) is 0 Å². The number of carbonyl (C=O) groups is 2. The summed E-state index contributed by atoms with van der Waals surface area (Å²) < 4.78 is 15.1. The second kappa shape index (κ2) is 7.61. The van der Waals surface area contributed by atoms with E-state index in [4.69, 9.17) is 14.2 Å². The van der Waals surface area contributed by atoms with Gasteiger partial charge in [-0.2, -0.15) is 0 Å². The normalized spacial score (nSPS) is 9.57. The van der Waals surface area contributed by atoms with E-state index in [1.807, 2.05) is 0 Å². The first kappa shape index (κ1) is 16.0. The summed E-state index contributed by atoms with van der Waals surface area (Å²) in [4.78, 5) is 24.3. The van der Waals surface area contributed by atoms with E-state index in [0.717, 1.165) is 0 Å². The number of benzene rings is 2. The zero-order chi connectivity index (χ0) is 16.7. The molecule has 0 saturated carbocycles. The monoisotopic (exact) mass is 310 g/mol. The molecular formula is C18H14O5. The van der Waals surface area contributed by atoms with Crippen molar-refractivity contribution in [3.05, 3.63) is 85.3 Å². The number of hydrogen-bond acceptors (Lipinski definition) is 5. The van der Waals surface area contributed by atoms with Crippen LogP contribution < -0.4 is 9.47 Å². The van der Waals surface area contributed by atoms with E-state index in [2.05, 4.69) is 13.2 Å². The Kier molecular flexibility index (Phi) is 5.30. The van der Waals surface area contributed by atoms with Crippen molar-refractivity contribution in [1.29, 1.82) is 0 Å². The van der Waals surface area contributed by atoms with Crippen LogP contribution in [-0.4, -0.2) is 11.9 Å². The number of esters is 2. The van der Waals surface area contributed by atoms with Crippen LogP contribution in [0.4, 0.5) is 0 Å². The van der Waals surface area contributed by atoms with E-state index in [-0.39, 0.29) is 22.6 Å². The summed E-state index contributed by atoms with van der Waals surface area (Å²) in [7, 11) is 0. The molecule has 23 heavy (non-hydrogen) atoms. The number of carbonyl (C=O) groups excluding carboxylic acids is 2. The third-order valence-corrected chi connectivity index (χ3v) is 2.82. The fourth-order valence-corrected chi connectivity index (χ4v) is 1.85. The van der Waals surface area contributed by atoms with Gasteiger partial charge in [-0.1, -0.05) is 37.4 Å². The van der Waals surface area contributed by atoms with Crippen LogP contribution in [0.1, 0.15) is 20.7 Å². The van der Waals surface area contributed by atoms with Crippen LogP contribution in [0.15, 0.2) is 74.2 Å². The van der Waals surface area contributed by atoms with Gasteiger partial charge in [-0.25, -0.2) is 9.59 Å². The zero-order valence-corrected chi connectivity index (χ0v) is 12.2. The van der Waals surface area contributed by atoms with Crippen LogP contribution >= 0.6 is 0 Å². The maximum absolute atomic E-state index is 12.2. The lowest BCUT2D eigenvalue weighted by Gasteiger charge is -2.09.